The molecule has 0 fully saturated rings. The first-order valence-corrected chi connectivity index (χ1v) is 10.00. The summed E-state index contributed by atoms with van der Waals surface area (Å²) >= 11 is 0. The summed E-state index contributed by atoms with van der Waals surface area (Å²) in [6, 6.07) is 18.8. The molecule has 0 heterocycles. The molecule has 0 aliphatic heterocycles. The third-order valence-corrected chi connectivity index (χ3v) is 4.99. The Kier molecular flexibility index (Phi) is 6.46. The summed E-state index contributed by atoms with van der Waals surface area (Å²) in [6.07, 6.45) is 0. The Labute approximate surface area is 167 Å². The van der Waals surface area contributed by atoms with Crippen LogP contribution in [0.25, 0.3) is 0 Å². The fourth-order valence-corrected chi connectivity index (χ4v) is 3.25. The predicted octanol–water partition coefficient (Wildman–Crippen LogP) is 3.83. The Balaban J connectivity index is 1.52. The summed E-state index contributed by atoms with van der Waals surface area (Å²) in [5, 5.41) is 0. The van der Waals surface area contributed by atoms with Crippen LogP contribution in [-0.2, 0) is 14.9 Å². The first-order chi connectivity index (χ1) is 13.9. The lowest BCUT2D eigenvalue weighted by Gasteiger charge is -2.09. The Morgan fingerprint density at radius 3 is 2.10 bits per heavy atom. The van der Waals surface area contributed by atoms with Crippen LogP contribution in [0, 0.1) is 5.82 Å². The minimum absolute atomic E-state index is 0.0123. The number of rotatable bonds is 8. The van der Waals surface area contributed by atoms with Gasteiger partial charge in [-0.1, -0.05) is 18.2 Å². The summed E-state index contributed by atoms with van der Waals surface area (Å²) in [5.74, 6) is -0.443. The normalized spacial score (nSPS) is 10.9. The first-order valence-electron chi connectivity index (χ1n) is 8.59. The van der Waals surface area contributed by atoms with Crippen LogP contribution < -0.4 is 8.92 Å². The SMILES string of the molecule is O=C(OCCOc1ccccc1)c1ccc(OS(=O)(=O)c2ccc(F)cc2)cc1. The van der Waals surface area contributed by atoms with E-state index in [-0.39, 0.29) is 29.4 Å². The second-order valence-electron chi connectivity index (χ2n) is 5.81. The third-order valence-electron chi connectivity index (χ3n) is 3.73. The molecule has 0 saturated heterocycles. The highest BCUT2D eigenvalue weighted by atomic mass is 32.2. The monoisotopic (exact) mass is 416 g/mol. The van der Waals surface area contributed by atoms with E-state index in [0.29, 0.717) is 5.75 Å². The molecule has 0 amide bonds. The number of halogens is 1. The number of benzene rings is 3. The fourth-order valence-electron chi connectivity index (χ4n) is 2.32. The standard InChI is InChI=1S/C21H17FO6S/c22-17-8-12-20(13-9-17)29(24,25)28-19-10-6-16(7-11-19)21(23)27-15-14-26-18-4-2-1-3-5-18/h1-13H,14-15H2. The number of carbonyl (C=O) groups is 1. The van der Waals surface area contributed by atoms with Crippen molar-refractivity contribution in [3.05, 3.63) is 90.2 Å². The van der Waals surface area contributed by atoms with Gasteiger partial charge in [-0.3, -0.25) is 0 Å². The summed E-state index contributed by atoms with van der Waals surface area (Å²) in [7, 11) is -4.11. The molecule has 0 radical (unpaired) electrons. The van der Waals surface area contributed by atoms with Crippen molar-refractivity contribution in [1.82, 2.24) is 0 Å². The van der Waals surface area contributed by atoms with Gasteiger partial charge in [0.05, 0.1) is 5.56 Å². The van der Waals surface area contributed by atoms with Gasteiger partial charge < -0.3 is 13.7 Å². The molecule has 8 heteroatoms. The van der Waals surface area contributed by atoms with Gasteiger partial charge in [0.2, 0.25) is 0 Å². The zero-order valence-electron chi connectivity index (χ0n) is 15.2. The van der Waals surface area contributed by atoms with E-state index < -0.39 is 21.9 Å². The van der Waals surface area contributed by atoms with Crippen molar-refractivity contribution < 1.29 is 31.3 Å². The molecule has 0 atom stereocenters. The lowest BCUT2D eigenvalue weighted by Crippen LogP contribution is -2.13. The van der Waals surface area contributed by atoms with Crippen LogP contribution in [0.2, 0.25) is 0 Å². The average molecular weight is 416 g/mol. The van der Waals surface area contributed by atoms with Crippen LogP contribution in [0.4, 0.5) is 4.39 Å². The largest absolute Gasteiger partial charge is 0.490 e. The molecule has 0 unspecified atom stereocenters. The molecule has 0 N–H and O–H groups in total. The van der Waals surface area contributed by atoms with Crippen LogP contribution in [0.3, 0.4) is 0 Å². The maximum atomic E-state index is 12.9. The number of esters is 1. The number of hydrogen-bond acceptors (Lipinski definition) is 6. The van der Waals surface area contributed by atoms with E-state index in [2.05, 4.69) is 0 Å². The molecule has 0 bridgehead atoms. The Bertz CT molecular complexity index is 1050. The molecule has 3 rings (SSSR count). The van der Waals surface area contributed by atoms with Crippen molar-refractivity contribution in [3.8, 4) is 11.5 Å². The maximum Gasteiger partial charge on any atom is 0.339 e. The molecule has 29 heavy (non-hydrogen) atoms. The van der Waals surface area contributed by atoms with E-state index in [4.69, 9.17) is 13.7 Å². The van der Waals surface area contributed by atoms with Gasteiger partial charge in [0, 0.05) is 0 Å². The molecule has 0 aromatic heterocycles. The average Bonchev–Trinajstić information content (AvgIpc) is 2.72. The van der Waals surface area contributed by atoms with Crippen LogP contribution in [0.1, 0.15) is 10.4 Å². The van der Waals surface area contributed by atoms with Crippen molar-refractivity contribution in [3.63, 3.8) is 0 Å². The summed E-state index contributed by atoms with van der Waals surface area (Å²) in [5.41, 5.74) is 0.233. The Morgan fingerprint density at radius 2 is 1.45 bits per heavy atom. The predicted molar refractivity (Wildman–Crippen MR) is 103 cm³/mol. The van der Waals surface area contributed by atoms with Gasteiger partial charge in [-0.05, 0) is 60.7 Å². The summed E-state index contributed by atoms with van der Waals surface area (Å²) in [4.78, 5) is 11.9. The van der Waals surface area contributed by atoms with Crippen LogP contribution in [0.5, 0.6) is 11.5 Å². The number of hydrogen-bond donors (Lipinski definition) is 0. The van der Waals surface area contributed by atoms with Gasteiger partial charge in [-0.2, -0.15) is 8.42 Å². The van der Waals surface area contributed by atoms with Crippen molar-refractivity contribution >= 4 is 16.1 Å². The van der Waals surface area contributed by atoms with Gasteiger partial charge in [-0.25, -0.2) is 9.18 Å². The van der Waals surface area contributed by atoms with E-state index in [1.807, 2.05) is 18.2 Å². The van der Waals surface area contributed by atoms with Crippen LogP contribution >= 0.6 is 0 Å². The first kappa shape index (κ1) is 20.3. The fraction of sp³-hybridized carbons (Fsp3) is 0.0952. The molecule has 3 aromatic rings. The van der Waals surface area contributed by atoms with E-state index in [1.54, 1.807) is 12.1 Å². The van der Waals surface area contributed by atoms with Crippen molar-refractivity contribution in [1.29, 1.82) is 0 Å². The van der Waals surface area contributed by atoms with Crippen LogP contribution in [-0.4, -0.2) is 27.6 Å². The van der Waals surface area contributed by atoms with E-state index in [9.17, 15) is 17.6 Å². The highest BCUT2D eigenvalue weighted by Gasteiger charge is 2.17. The van der Waals surface area contributed by atoms with Gasteiger partial charge >= 0.3 is 16.1 Å². The highest BCUT2D eigenvalue weighted by molar-refractivity contribution is 7.87. The van der Waals surface area contributed by atoms with Gasteiger partial charge in [0.15, 0.2) is 0 Å². The third kappa shape index (κ3) is 5.79. The van der Waals surface area contributed by atoms with Crippen LogP contribution in [0.15, 0.2) is 83.8 Å². The lowest BCUT2D eigenvalue weighted by atomic mass is 10.2. The molecule has 0 spiro atoms. The number of carbonyl (C=O) groups excluding carboxylic acids is 1. The Hall–Kier alpha value is -3.39. The highest BCUT2D eigenvalue weighted by Crippen LogP contribution is 2.20. The topological polar surface area (TPSA) is 78.9 Å². The van der Waals surface area contributed by atoms with Crippen molar-refractivity contribution in [2.75, 3.05) is 13.2 Å². The molecular weight excluding hydrogens is 399 g/mol. The number of ether oxygens (including phenoxy) is 2. The van der Waals surface area contributed by atoms with Crippen molar-refractivity contribution in [2.45, 2.75) is 4.90 Å². The van der Waals surface area contributed by atoms with E-state index >= 15 is 0 Å². The number of para-hydroxylation sites is 1. The molecule has 0 aliphatic carbocycles. The minimum atomic E-state index is -4.11. The van der Waals surface area contributed by atoms with Gasteiger partial charge in [0.1, 0.15) is 35.4 Å². The molecule has 6 nitrogen and oxygen atoms in total. The zero-order chi connectivity index (χ0) is 20.7. The summed E-state index contributed by atoms with van der Waals surface area (Å²) in [6.45, 7) is 0.262. The van der Waals surface area contributed by atoms with Gasteiger partial charge in [0.25, 0.3) is 0 Å². The smallest absolute Gasteiger partial charge is 0.339 e. The molecule has 0 saturated carbocycles. The quantitative estimate of drug-likeness (QED) is 0.316. The maximum absolute atomic E-state index is 12.9. The second-order valence-corrected chi connectivity index (χ2v) is 7.36. The molecule has 0 aliphatic rings. The molecule has 3 aromatic carbocycles. The minimum Gasteiger partial charge on any atom is -0.490 e. The lowest BCUT2D eigenvalue weighted by molar-refractivity contribution is 0.0450. The molecule has 150 valence electrons. The molecular formula is C21H17FO6S. The van der Waals surface area contributed by atoms with E-state index in [1.165, 1.54) is 24.3 Å². The van der Waals surface area contributed by atoms with Gasteiger partial charge in [-0.15, -0.1) is 0 Å². The van der Waals surface area contributed by atoms with E-state index in [0.717, 1.165) is 24.3 Å². The van der Waals surface area contributed by atoms with Crippen molar-refractivity contribution in [2.24, 2.45) is 0 Å². The summed E-state index contributed by atoms with van der Waals surface area (Å²) < 4.78 is 52.8. The second kappa shape index (κ2) is 9.20. The zero-order valence-corrected chi connectivity index (χ0v) is 16.0. The Morgan fingerprint density at radius 1 is 0.793 bits per heavy atom.